The van der Waals surface area contributed by atoms with Crippen LogP contribution in [0.4, 0.5) is 0 Å². The van der Waals surface area contributed by atoms with Gasteiger partial charge in [-0.25, -0.2) is 0 Å². The molecule has 0 aromatic heterocycles. The molecule has 12 atom stereocenters. The Kier molecular flexibility index (Phi) is 4.88. The highest BCUT2D eigenvalue weighted by Gasteiger charge is 2.56. The van der Waals surface area contributed by atoms with Gasteiger partial charge in [-0.15, -0.1) is 0 Å². The lowest BCUT2D eigenvalue weighted by atomic mass is 9.60. The molecule has 2 saturated heterocycles. The van der Waals surface area contributed by atoms with Crippen LogP contribution in [0.25, 0.3) is 0 Å². The van der Waals surface area contributed by atoms with E-state index in [1.54, 1.807) is 19.3 Å². The highest BCUT2D eigenvalue weighted by Crippen LogP contribution is 2.62. The molecule has 2 nitrogen and oxygen atoms in total. The average molecular weight is 401 g/mol. The normalized spacial score (nSPS) is 52.3. The molecule has 6 rings (SSSR count). The monoisotopic (exact) mass is 400 g/mol. The fraction of sp³-hybridized carbons (Fsp3) is 1.00. The first-order chi connectivity index (χ1) is 14.0. The zero-order valence-corrected chi connectivity index (χ0v) is 19.3. The lowest BCUT2D eigenvalue weighted by Crippen LogP contribution is -2.39. The van der Waals surface area contributed by atoms with Crippen LogP contribution in [-0.2, 0) is 9.47 Å². The van der Waals surface area contributed by atoms with Crippen LogP contribution in [0.2, 0.25) is 0 Å². The molecule has 0 aromatic rings. The van der Waals surface area contributed by atoms with Crippen molar-refractivity contribution in [2.45, 2.75) is 110 Å². The van der Waals surface area contributed by atoms with Crippen LogP contribution < -0.4 is 0 Å². The molecule has 0 amide bonds. The molecule has 2 heteroatoms. The van der Waals surface area contributed by atoms with Crippen LogP contribution >= 0.6 is 0 Å². The molecule has 2 heterocycles. The van der Waals surface area contributed by atoms with Gasteiger partial charge in [0.15, 0.2) is 0 Å². The predicted octanol–water partition coefficient (Wildman–Crippen LogP) is 6.33. The molecule has 6 aliphatic rings. The second kappa shape index (κ2) is 7.22. The first kappa shape index (κ1) is 19.6. The zero-order chi connectivity index (χ0) is 19.9. The fourth-order valence-corrected chi connectivity index (χ4v) is 9.65. The van der Waals surface area contributed by atoms with Gasteiger partial charge in [0.25, 0.3) is 0 Å². The predicted molar refractivity (Wildman–Crippen MR) is 116 cm³/mol. The number of hydrogen-bond donors (Lipinski definition) is 0. The minimum absolute atomic E-state index is 0.645. The van der Waals surface area contributed by atoms with Gasteiger partial charge in [-0.1, -0.05) is 27.7 Å². The molecule has 2 aliphatic heterocycles. The Morgan fingerprint density at radius 2 is 0.966 bits per heavy atom. The summed E-state index contributed by atoms with van der Waals surface area (Å²) in [5.74, 6) is 9.62. The van der Waals surface area contributed by atoms with Gasteiger partial charge in [0.05, 0.1) is 24.4 Å². The molecular weight excluding hydrogens is 356 g/mol. The SMILES string of the molecule is CC(C)C(C1CCC2OC2C1)C1CC2CC1CC2C(C(C)C)C1CCC2OC2C1. The van der Waals surface area contributed by atoms with Gasteiger partial charge in [-0.2, -0.15) is 0 Å². The molecule has 0 spiro atoms. The van der Waals surface area contributed by atoms with E-state index in [9.17, 15) is 0 Å². The lowest BCUT2D eigenvalue weighted by Gasteiger charge is -2.45. The quantitative estimate of drug-likeness (QED) is 0.487. The minimum atomic E-state index is 0.645. The van der Waals surface area contributed by atoms with Gasteiger partial charge in [0.2, 0.25) is 0 Å². The number of hydrogen-bond acceptors (Lipinski definition) is 2. The molecule has 4 saturated carbocycles. The maximum absolute atomic E-state index is 5.91. The zero-order valence-electron chi connectivity index (χ0n) is 19.3. The highest BCUT2D eigenvalue weighted by molar-refractivity contribution is 5.05. The van der Waals surface area contributed by atoms with E-state index in [4.69, 9.17) is 9.47 Å². The van der Waals surface area contributed by atoms with Crippen molar-refractivity contribution < 1.29 is 9.47 Å². The summed E-state index contributed by atoms with van der Waals surface area (Å²) in [5, 5.41) is 0. The maximum Gasteiger partial charge on any atom is 0.0844 e. The Bertz CT molecular complexity index is 562. The Balaban J connectivity index is 1.15. The van der Waals surface area contributed by atoms with Crippen molar-refractivity contribution in [3.63, 3.8) is 0 Å². The van der Waals surface area contributed by atoms with Crippen molar-refractivity contribution in [1.29, 1.82) is 0 Å². The highest BCUT2D eigenvalue weighted by atomic mass is 16.6. The van der Waals surface area contributed by atoms with E-state index in [0.717, 1.165) is 59.2 Å². The van der Waals surface area contributed by atoms with E-state index < -0.39 is 0 Å². The molecule has 164 valence electrons. The van der Waals surface area contributed by atoms with Gasteiger partial charge >= 0.3 is 0 Å². The summed E-state index contributed by atoms with van der Waals surface area (Å²) in [6, 6.07) is 0. The molecule has 6 fully saturated rings. The van der Waals surface area contributed by atoms with Crippen LogP contribution in [0.15, 0.2) is 0 Å². The summed E-state index contributed by atoms with van der Waals surface area (Å²) in [6.45, 7) is 10.1. The summed E-state index contributed by atoms with van der Waals surface area (Å²) in [5.41, 5.74) is 0. The Morgan fingerprint density at radius 3 is 1.31 bits per heavy atom. The summed E-state index contributed by atoms with van der Waals surface area (Å²) in [6.07, 6.45) is 15.6. The van der Waals surface area contributed by atoms with E-state index in [-0.39, 0.29) is 0 Å². The van der Waals surface area contributed by atoms with Crippen molar-refractivity contribution in [3.8, 4) is 0 Å². The standard InChI is InChI=1S/C27H44O2/c1-14(2)26(16-5-7-22-24(12-16)28-22)20-10-19-9-18(20)11-21(19)27(15(3)4)17-6-8-23-25(13-17)29-23/h14-27H,5-13H2,1-4H3. The molecule has 2 bridgehead atoms. The second-order valence-corrected chi connectivity index (χ2v) is 12.8. The Morgan fingerprint density at radius 1 is 0.517 bits per heavy atom. The van der Waals surface area contributed by atoms with Crippen LogP contribution in [0.1, 0.15) is 85.5 Å². The van der Waals surface area contributed by atoms with Crippen molar-refractivity contribution in [2.24, 2.45) is 59.2 Å². The van der Waals surface area contributed by atoms with E-state index in [1.165, 1.54) is 38.5 Å². The van der Waals surface area contributed by atoms with E-state index in [2.05, 4.69) is 27.7 Å². The Hall–Kier alpha value is -0.0800. The molecule has 29 heavy (non-hydrogen) atoms. The molecule has 0 aromatic carbocycles. The number of rotatable bonds is 6. The Labute approximate surface area is 178 Å². The van der Waals surface area contributed by atoms with Gasteiger partial charge in [-0.05, 0) is 117 Å². The van der Waals surface area contributed by atoms with Crippen molar-refractivity contribution in [2.75, 3.05) is 0 Å². The van der Waals surface area contributed by atoms with Gasteiger partial charge in [-0.3, -0.25) is 0 Å². The van der Waals surface area contributed by atoms with Crippen molar-refractivity contribution in [3.05, 3.63) is 0 Å². The van der Waals surface area contributed by atoms with Gasteiger partial charge in [0.1, 0.15) is 0 Å². The number of ether oxygens (including phenoxy) is 2. The molecule has 4 aliphatic carbocycles. The van der Waals surface area contributed by atoms with Crippen LogP contribution in [0, 0.1) is 59.2 Å². The fourth-order valence-electron chi connectivity index (χ4n) is 9.65. The van der Waals surface area contributed by atoms with E-state index >= 15 is 0 Å². The summed E-state index contributed by atoms with van der Waals surface area (Å²) in [4.78, 5) is 0. The van der Waals surface area contributed by atoms with E-state index in [1.807, 2.05) is 0 Å². The average Bonchev–Trinajstić information content (AvgIpc) is 3.55. The topological polar surface area (TPSA) is 25.1 Å². The molecule has 0 radical (unpaired) electrons. The third kappa shape index (κ3) is 3.43. The first-order valence-corrected chi connectivity index (χ1v) is 13.3. The lowest BCUT2D eigenvalue weighted by molar-refractivity contribution is 0.0429. The maximum atomic E-state index is 5.91. The van der Waals surface area contributed by atoms with Crippen LogP contribution in [-0.4, -0.2) is 24.4 Å². The first-order valence-electron chi connectivity index (χ1n) is 13.3. The smallest absolute Gasteiger partial charge is 0.0844 e. The van der Waals surface area contributed by atoms with Crippen molar-refractivity contribution in [1.82, 2.24) is 0 Å². The van der Waals surface area contributed by atoms with Gasteiger partial charge < -0.3 is 9.47 Å². The summed E-state index contributed by atoms with van der Waals surface area (Å²) < 4.78 is 11.8. The van der Waals surface area contributed by atoms with Crippen molar-refractivity contribution >= 4 is 0 Å². The van der Waals surface area contributed by atoms with Crippen LogP contribution in [0.3, 0.4) is 0 Å². The molecular formula is C27H44O2. The minimum Gasteiger partial charge on any atom is -0.370 e. The van der Waals surface area contributed by atoms with Gasteiger partial charge in [0, 0.05) is 0 Å². The third-order valence-electron chi connectivity index (χ3n) is 10.7. The summed E-state index contributed by atoms with van der Waals surface area (Å²) in [7, 11) is 0. The van der Waals surface area contributed by atoms with Crippen LogP contribution in [0.5, 0.6) is 0 Å². The molecule has 12 unspecified atom stereocenters. The summed E-state index contributed by atoms with van der Waals surface area (Å²) >= 11 is 0. The number of fused-ring (bicyclic) bond motifs is 4. The second-order valence-electron chi connectivity index (χ2n) is 12.8. The third-order valence-corrected chi connectivity index (χ3v) is 10.7. The molecule has 0 N–H and O–H groups in total. The van der Waals surface area contributed by atoms with E-state index in [0.29, 0.717) is 24.4 Å². The largest absolute Gasteiger partial charge is 0.370 e. The number of epoxide rings is 2.